The summed E-state index contributed by atoms with van der Waals surface area (Å²) in [5.74, 6) is -1.27. The van der Waals surface area contributed by atoms with Crippen LogP contribution in [0.5, 0.6) is 0 Å². The standard InChI is InChI=1S/C16H20BrN3O5S/c17-13-3-1-12(2-4-13)16(23)18-7-5-14(21)19-20-15(22)9-11-6-8-26(24,25)10-11/h1-4,11H,5-10H2,(H,18,23)(H,19,21)(H,20,22). The van der Waals surface area contributed by atoms with Gasteiger partial charge in [0.1, 0.15) is 0 Å². The molecule has 0 bridgehead atoms. The number of nitrogens with one attached hydrogen (secondary N) is 3. The minimum absolute atomic E-state index is 0.000353. The maximum absolute atomic E-state index is 11.9. The number of carbonyl (C=O) groups excluding carboxylic acids is 3. The third-order valence-electron chi connectivity index (χ3n) is 3.89. The first-order valence-electron chi connectivity index (χ1n) is 8.07. The summed E-state index contributed by atoms with van der Waals surface area (Å²) in [5, 5.41) is 2.61. The van der Waals surface area contributed by atoms with Crippen molar-refractivity contribution >= 4 is 43.5 Å². The second kappa shape index (κ2) is 9.13. The third-order valence-corrected chi connectivity index (χ3v) is 6.25. The van der Waals surface area contributed by atoms with Gasteiger partial charge in [-0.2, -0.15) is 0 Å². The van der Waals surface area contributed by atoms with Gasteiger partial charge in [0.25, 0.3) is 5.91 Å². The topological polar surface area (TPSA) is 121 Å². The number of carbonyl (C=O) groups is 3. The molecule has 1 unspecified atom stereocenters. The number of hydrogen-bond donors (Lipinski definition) is 3. The highest BCUT2D eigenvalue weighted by molar-refractivity contribution is 9.10. The molecule has 3 N–H and O–H groups in total. The molecular formula is C16H20BrN3O5S. The number of sulfone groups is 1. The molecule has 0 aliphatic carbocycles. The van der Waals surface area contributed by atoms with Crippen LogP contribution in [0.3, 0.4) is 0 Å². The van der Waals surface area contributed by atoms with Gasteiger partial charge in [-0.3, -0.25) is 25.2 Å². The first kappa shape index (κ1) is 20.4. The van der Waals surface area contributed by atoms with Crippen molar-refractivity contribution in [2.45, 2.75) is 19.3 Å². The van der Waals surface area contributed by atoms with Crippen LogP contribution in [0.4, 0.5) is 0 Å². The lowest BCUT2D eigenvalue weighted by Gasteiger charge is -2.10. The average molecular weight is 446 g/mol. The van der Waals surface area contributed by atoms with Crippen LogP contribution in [-0.4, -0.2) is 44.2 Å². The number of hydrazine groups is 1. The quantitative estimate of drug-likeness (QED) is 0.551. The predicted molar refractivity (Wildman–Crippen MR) is 98.8 cm³/mol. The summed E-state index contributed by atoms with van der Waals surface area (Å²) in [6.07, 6.45) is 0.520. The lowest BCUT2D eigenvalue weighted by atomic mass is 10.1. The molecule has 8 nitrogen and oxygen atoms in total. The molecule has 1 atom stereocenters. The van der Waals surface area contributed by atoms with E-state index in [1.165, 1.54) is 0 Å². The van der Waals surface area contributed by atoms with E-state index in [0.29, 0.717) is 12.0 Å². The van der Waals surface area contributed by atoms with Crippen molar-refractivity contribution in [1.29, 1.82) is 0 Å². The van der Waals surface area contributed by atoms with Gasteiger partial charge in [0.2, 0.25) is 11.8 Å². The molecule has 1 aromatic rings. The fourth-order valence-corrected chi connectivity index (χ4v) is 4.67. The van der Waals surface area contributed by atoms with E-state index < -0.39 is 21.7 Å². The van der Waals surface area contributed by atoms with Gasteiger partial charge in [-0.15, -0.1) is 0 Å². The van der Waals surface area contributed by atoms with E-state index in [4.69, 9.17) is 0 Å². The van der Waals surface area contributed by atoms with Gasteiger partial charge >= 0.3 is 0 Å². The van der Waals surface area contributed by atoms with Crippen molar-refractivity contribution in [3.05, 3.63) is 34.3 Å². The highest BCUT2D eigenvalue weighted by Crippen LogP contribution is 2.21. The van der Waals surface area contributed by atoms with Crippen molar-refractivity contribution in [2.24, 2.45) is 5.92 Å². The van der Waals surface area contributed by atoms with Crippen molar-refractivity contribution in [1.82, 2.24) is 16.2 Å². The Bertz CT molecular complexity index is 780. The molecule has 1 aliphatic rings. The minimum atomic E-state index is -3.03. The normalized spacial score (nSPS) is 18.1. The summed E-state index contributed by atoms with van der Waals surface area (Å²) in [4.78, 5) is 35.3. The van der Waals surface area contributed by atoms with Crippen LogP contribution in [0, 0.1) is 5.92 Å². The smallest absolute Gasteiger partial charge is 0.251 e. The Labute approximate surface area is 160 Å². The van der Waals surface area contributed by atoms with Gasteiger partial charge in [-0.1, -0.05) is 15.9 Å². The van der Waals surface area contributed by atoms with Crippen LogP contribution in [0.1, 0.15) is 29.6 Å². The van der Waals surface area contributed by atoms with Gasteiger partial charge in [0.15, 0.2) is 9.84 Å². The Hall–Kier alpha value is -1.94. The molecular weight excluding hydrogens is 426 g/mol. The minimum Gasteiger partial charge on any atom is -0.352 e. The predicted octanol–water partition coefficient (Wildman–Crippen LogP) is 0.541. The van der Waals surface area contributed by atoms with Crippen LogP contribution in [0.2, 0.25) is 0 Å². The molecule has 1 aromatic carbocycles. The summed E-state index contributed by atoms with van der Waals surface area (Å²) in [7, 11) is -3.03. The zero-order valence-corrected chi connectivity index (χ0v) is 16.4. The summed E-state index contributed by atoms with van der Waals surface area (Å²) in [6, 6.07) is 6.80. The Morgan fingerprint density at radius 1 is 1.08 bits per heavy atom. The van der Waals surface area contributed by atoms with E-state index in [2.05, 4.69) is 32.1 Å². The number of benzene rings is 1. The van der Waals surface area contributed by atoms with Crippen molar-refractivity contribution in [3.8, 4) is 0 Å². The Morgan fingerprint density at radius 3 is 2.35 bits per heavy atom. The molecule has 0 saturated carbocycles. The van der Waals surface area contributed by atoms with Gasteiger partial charge in [-0.25, -0.2) is 8.42 Å². The fraction of sp³-hybridized carbons (Fsp3) is 0.438. The molecule has 0 spiro atoms. The summed E-state index contributed by atoms with van der Waals surface area (Å²) in [6.45, 7) is 0.122. The average Bonchev–Trinajstić information content (AvgIpc) is 2.92. The molecule has 3 amide bonds. The van der Waals surface area contributed by atoms with E-state index in [1.807, 2.05) is 0 Å². The number of amides is 3. The number of rotatable bonds is 6. The number of hydrogen-bond acceptors (Lipinski definition) is 5. The summed E-state index contributed by atoms with van der Waals surface area (Å²) >= 11 is 3.28. The summed E-state index contributed by atoms with van der Waals surface area (Å²) in [5.41, 5.74) is 4.99. The van der Waals surface area contributed by atoms with Gasteiger partial charge in [0.05, 0.1) is 11.5 Å². The maximum Gasteiger partial charge on any atom is 0.251 e. The SMILES string of the molecule is O=C(CCNC(=O)c1ccc(Br)cc1)NNC(=O)CC1CCS(=O)(=O)C1. The summed E-state index contributed by atoms with van der Waals surface area (Å²) < 4.78 is 23.5. The van der Waals surface area contributed by atoms with E-state index in [9.17, 15) is 22.8 Å². The van der Waals surface area contributed by atoms with Crippen molar-refractivity contribution < 1.29 is 22.8 Å². The van der Waals surface area contributed by atoms with Crippen LogP contribution in [0.15, 0.2) is 28.7 Å². The number of halogens is 1. The zero-order valence-electron chi connectivity index (χ0n) is 14.0. The highest BCUT2D eigenvalue weighted by Gasteiger charge is 2.29. The van der Waals surface area contributed by atoms with E-state index in [0.717, 1.165) is 4.47 Å². The monoisotopic (exact) mass is 445 g/mol. The molecule has 1 heterocycles. The molecule has 10 heteroatoms. The molecule has 0 radical (unpaired) electrons. The second-order valence-electron chi connectivity index (χ2n) is 6.08. The van der Waals surface area contributed by atoms with E-state index in [-0.39, 0.29) is 42.7 Å². The third kappa shape index (κ3) is 6.75. The van der Waals surface area contributed by atoms with Gasteiger partial charge in [-0.05, 0) is 36.6 Å². The molecule has 142 valence electrons. The second-order valence-corrected chi connectivity index (χ2v) is 9.23. The maximum atomic E-state index is 11.9. The molecule has 1 aliphatic heterocycles. The first-order chi connectivity index (χ1) is 12.2. The van der Waals surface area contributed by atoms with Crippen LogP contribution in [-0.2, 0) is 19.4 Å². The zero-order chi connectivity index (χ0) is 19.2. The Morgan fingerprint density at radius 2 is 1.73 bits per heavy atom. The lowest BCUT2D eigenvalue weighted by molar-refractivity contribution is -0.129. The van der Waals surface area contributed by atoms with Crippen LogP contribution in [0.25, 0.3) is 0 Å². The fourth-order valence-electron chi connectivity index (χ4n) is 2.54. The van der Waals surface area contributed by atoms with Gasteiger partial charge < -0.3 is 5.32 Å². The lowest BCUT2D eigenvalue weighted by Crippen LogP contribution is -2.43. The molecule has 1 saturated heterocycles. The van der Waals surface area contributed by atoms with Crippen LogP contribution < -0.4 is 16.2 Å². The van der Waals surface area contributed by atoms with Crippen molar-refractivity contribution in [2.75, 3.05) is 18.1 Å². The van der Waals surface area contributed by atoms with E-state index in [1.54, 1.807) is 24.3 Å². The van der Waals surface area contributed by atoms with Gasteiger partial charge in [0, 0.05) is 29.4 Å². The Balaban J connectivity index is 1.62. The first-order valence-corrected chi connectivity index (χ1v) is 10.7. The molecule has 26 heavy (non-hydrogen) atoms. The molecule has 1 fully saturated rings. The van der Waals surface area contributed by atoms with Crippen molar-refractivity contribution in [3.63, 3.8) is 0 Å². The Kier molecular flexibility index (Phi) is 7.15. The molecule has 2 rings (SSSR count). The van der Waals surface area contributed by atoms with Crippen LogP contribution >= 0.6 is 15.9 Å². The largest absolute Gasteiger partial charge is 0.352 e. The highest BCUT2D eigenvalue weighted by atomic mass is 79.9. The molecule has 0 aromatic heterocycles. The van der Waals surface area contributed by atoms with E-state index >= 15 is 0 Å².